The fourth-order valence-corrected chi connectivity index (χ4v) is 6.67. The van der Waals surface area contributed by atoms with Gasteiger partial charge in [-0.05, 0) is 95.1 Å². The molecule has 3 nitrogen and oxygen atoms in total. The molecular formula is C48H34N2O. The van der Waals surface area contributed by atoms with E-state index in [4.69, 9.17) is 9.90 Å². The number of hydrogen-bond donors (Lipinski definition) is 0. The third kappa shape index (κ3) is 5.81. The Morgan fingerprint density at radius 2 is 0.745 bits per heavy atom. The molecule has 9 rings (SSSR count). The van der Waals surface area contributed by atoms with Gasteiger partial charge in [0.25, 0.3) is 0 Å². The van der Waals surface area contributed by atoms with Gasteiger partial charge in [-0.3, -0.25) is 0 Å². The molecule has 0 unspecified atom stereocenters. The van der Waals surface area contributed by atoms with E-state index in [1.54, 1.807) is 0 Å². The van der Waals surface area contributed by atoms with Crippen LogP contribution in [0.1, 0.15) is 5.48 Å². The van der Waals surface area contributed by atoms with Gasteiger partial charge >= 0.3 is 0 Å². The summed E-state index contributed by atoms with van der Waals surface area (Å²) in [6.07, 6.45) is 0. The Kier molecular flexibility index (Phi) is 6.76. The minimum Gasteiger partial charge on any atom is -0.454 e. The van der Waals surface area contributed by atoms with E-state index in [1.165, 1.54) is 0 Å². The number of hydrogen-bond acceptors (Lipinski definition) is 3. The minimum absolute atomic E-state index is 0.0849. The van der Waals surface area contributed by atoms with Crippen LogP contribution < -0.4 is 9.80 Å². The lowest BCUT2D eigenvalue weighted by molar-refractivity contribution is 0.669. The quantitative estimate of drug-likeness (QED) is 0.162. The van der Waals surface area contributed by atoms with Gasteiger partial charge in [0.05, 0.1) is 11.2 Å². The first-order valence-electron chi connectivity index (χ1n) is 18.9. The van der Waals surface area contributed by atoms with Crippen LogP contribution in [0.15, 0.2) is 211 Å². The number of para-hydroxylation sites is 5. The predicted molar refractivity (Wildman–Crippen MR) is 214 cm³/mol. The fraction of sp³-hybridized carbons (Fsp3) is 0. The van der Waals surface area contributed by atoms with E-state index in [9.17, 15) is 0 Å². The Labute approximate surface area is 303 Å². The maximum Gasteiger partial charge on any atom is 0.159 e. The average molecular weight is 659 g/mol. The summed E-state index contributed by atoms with van der Waals surface area (Å²) in [6, 6.07) is 59.4. The molecule has 3 heteroatoms. The van der Waals surface area contributed by atoms with E-state index >= 15 is 0 Å². The van der Waals surface area contributed by atoms with Crippen molar-refractivity contribution < 1.29 is 9.90 Å². The molecule has 0 amide bonds. The van der Waals surface area contributed by atoms with Crippen molar-refractivity contribution in [1.29, 1.82) is 0 Å². The van der Waals surface area contributed by atoms with Crippen LogP contribution in [-0.4, -0.2) is 0 Å². The standard InChI is InChI=1S/C48H34N2O/c1-4-13-39(14-5-1)49(40-15-6-2-7-16-40)42-31-27-37(28-32-42)35-23-25-36(26-24-35)38-29-33-43(34-30-38)50(41-17-8-3-9-18-41)46-21-12-20-45-44-19-10-11-22-47(44)51-48(45)46/h1-34H/i23D,24D,25D,26D. The van der Waals surface area contributed by atoms with Crippen molar-refractivity contribution in [3.63, 3.8) is 0 Å². The first-order chi connectivity index (χ1) is 27.0. The van der Waals surface area contributed by atoms with E-state index in [2.05, 4.69) is 46.2 Å². The molecular weight excluding hydrogens is 621 g/mol. The molecule has 9 aromatic rings. The van der Waals surface area contributed by atoms with Gasteiger partial charge in [-0.15, -0.1) is 0 Å². The first-order valence-corrected chi connectivity index (χ1v) is 16.9. The second-order valence-electron chi connectivity index (χ2n) is 12.3. The van der Waals surface area contributed by atoms with Gasteiger partial charge in [-0.1, -0.05) is 133 Å². The molecule has 0 saturated carbocycles. The smallest absolute Gasteiger partial charge is 0.159 e. The molecule has 0 bridgehead atoms. The Morgan fingerprint density at radius 1 is 0.333 bits per heavy atom. The first kappa shape index (κ1) is 26.1. The molecule has 8 aromatic carbocycles. The summed E-state index contributed by atoms with van der Waals surface area (Å²) in [5.41, 5.74) is 8.91. The third-order valence-corrected chi connectivity index (χ3v) is 9.12. The molecule has 0 saturated heterocycles. The second kappa shape index (κ2) is 13.2. The van der Waals surface area contributed by atoms with Crippen molar-refractivity contribution in [3.05, 3.63) is 206 Å². The van der Waals surface area contributed by atoms with Crippen LogP contribution in [-0.2, 0) is 0 Å². The molecule has 0 aliphatic heterocycles. The van der Waals surface area contributed by atoms with Crippen molar-refractivity contribution in [2.24, 2.45) is 0 Å². The third-order valence-electron chi connectivity index (χ3n) is 9.12. The lowest BCUT2D eigenvalue weighted by Crippen LogP contribution is -2.10. The molecule has 1 heterocycles. The van der Waals surface area contributed by atoms with Gasteiger partial charge in [0.2, 0.25) is 0 Å². The summed E-state index contributed by atoms with van der Waals surface area (Å²) in [5.74, 6) is 0. The molecule has 242 valence electrons. The largest absolute Gasteiger partial charge is 0.454 e. The Bertz CT molecular complexity index is 2720. The van der Waals surface area contributed by atoms with Gasteiger partial charge in [-0.2, -0.15) is 0 Å². The minimum atomic E-state index is -0.0880. The van der Waals surface area contributed by atoms with E-state index in [0.29, 0.717) is 11.1 Å². The summed E-state index contributed by atoms with van der Waals surface area (Å²) in [4.78, 5) is 4.27. The number of furan rings is 1. The molecule has 0 aliphatic carbocycles. The lowest BCUT2D eigenvalue weighted by Gasteiger charge is -2.25. The van der Waals surface area contributed by atoms with Crippen molar-refractivity contribution >= 4 is 56.1 Å². The van der Waals surface area contributed by atoms with Gasteiger partial charge < -0.3 is 14.2 Å². The average Bonchev–Trinajstić information content (AvgIpc) is 3.62. The molecule has 0 atom stereocenters. The Balaban J connectivity index is 1.08. The summed E-state index contributed by atoms with van der Waals surface area (Å²) in [5, 5.41) is 2.07. The lowest BCUT2D eigenvalue weighted by atomic mass is 9.99. The molecule has 0 spiro atoms. The number of nitrogens with zero attached hydrogens (tertiary/aromatic N) is 2. The van der Waals surface area contributed by atoms with Crippen molar-refractivity contribution in [2.45, 2.75) is 0 Å². The molecule has 0 aliphatic rings. The van der Waals surface area contributed by atoms with Crippen LogP contribution in [0, 0.1) is 0 Å². The summed E-state index contributed by atoms with van der Waals surface area (Å²) >= 11 is 0. The van der Waals surface area contributed by atoms with Crippen LogP contribution in [0.4, 0.5) is 34.1 Å². The highest BCUT2D eigenvalue weighted by Gasteiger charge is 2.19. The number of rotatable bonds is 8. The molecule has 0 radical (unpaired) electrons. The molecule has 0 fully saturated rings. The van der Waals surface area contributed by atoms with Gasteiger partial charge in [0, 0.05) is 39.2 Å². The van der Waals surface area contributed by atoms with Crippen LogP contribution in [0.25, 0.3) is 44.2 Å². The van der Waals surface area contributed by atoms with Crippen molar-refractivity contribution in [1.82, 2.24) is 0 Å². The highest BCUT2D eigenvalue weighted by Crippen LogP contribution is 2.42. The monoisotopic (exact) mass is 658 g/mol. The predicted octanol–water partition coefficient (Wildman–Crippen LogP) is 13.9. The molecule has 51 heavy (non-hydrogen) atoms. The highest BCUT2D eigenvalue weighted by molar-refractivity contribution is 6.10. The summed E-state index contributed by atoms with van der Waals surface area (Å²) < 4.78 is 42.9. The van der Waals surface area contributed by atoms with Gasteiger partial charge in [-0.25, -0.2) is 0 Å². The van der Waals surface area contributed by atoms with Gasteiger partial charge in [0.15, 0.2) is 5.58 Å². The number of fused-ring (bicyclic) bond motifs is 3. The topological polar surface area (TPSA) is 19.6 Å². The normalized spacial score (nSPS) is 12.2. The van der Waals surface area contributed by atoms with Crippen LogP contribution in [0.5, 0.6) is 0 Å². The number of anilines is 6. The fourth-order valence-electron chi connectivity index (χ4n) is 6.67. The van der Waals surface area contributed by atoms with Crippen LogP contribution >= 0.6 is 0 Å². The maximum absolute atomic E-state index is 9.12. The van der Waals surface area contributed by atoms with Crippen LogP contribution in [0.3, 0.4) is 0 Å². The zero-order valence-electron chi connectivity index (χ0n) is 31.6. The molecule has 1 aromatic heterocycles. The van der Waals surface area contributed by atoms with E-state index < -0.39 is 0 Å². The van der Waals surface area contributed by atoms with Gasteiger partial charge in [0.1, 0.15) is 5.58 Å². The van der Waals surface area contributed by atoms with E-state index in [1.807, 2.05) is 146 Å². The van der Waals surface area contributed by atoms with Crippen molar-refractivity contribution in [2.75, 3.05) is 9.80 Å². The molecule has 0 N–H and O–H groups in total. The second-order valence-corrected chi connectivity index (χ2v) is 12.3. The summed E-state index contributed by atoms with van der Waals surface area (Å²) in [7, 11) is 0. The zero-order valence-corrected chi connectivity index (χ0v) is 27.6. The highest BCUT2D eigenvalue weighted by atomic mass is 16.3. The van der Waals surface area contributed by atoms with Crippen LogP contribution in [0.2, 0.25) is 0 Å². The Hall–Kier alpha value is -6.84. The summed E-state index contributed by atoms with van der Waals surface area (Å²) in [6.45, 7) is 0. The Morgan fingerprint density at radius 3 is 1.27 bits per heavy atom. The zero-order chi connectivity index (χ0) is 37.5. The maximum atomic E-state index is 9.12. The number of benzene rings is 8. The van der Waals surface area contributed by atoms with E-state index in [-0.39, 0.29) is 35.3 Å². The SMILES string of the molecule is [2H]c1c([2H])c(-c2ccc(N(c3ccccc3)c3cccc4c3oc3ccccc34)cc2)c([2H])c([2H])c1-c1ccc(N(c2ccccc2)c2ccccc2)cc1. The van der Waals surface area contributed by atoms with Crippen molar-refractivity contribution in [3.8, 4) is 22.3 Å². The van der Waals surface area contributed by atoms with E-state index in [0.717, 1.165) is 56.1 Å².